The average Bonchev–Trinajstić information content (AvgIpc) is 2.25. The van der Waals surface area contributed by atoms with Gasteiger partial charge in [0.1, 0.15) is 6.04 Å². The minimum atomic E-state index is -0.470. The van der Waals surface area contributed by atoms with E-state index in [0.29, 0.717) is 13.2 Å². The van der Waals surface area contributed by atoms with E-state index in [4.69, 9.17) is 4.74 Å². The van der Waals surface area contributed by atoms with Crippen LogP contribution in [-0.2, 0) is 14.3 Å². The van der Waals surface area contributed by atoms with E-state index >= 15 is 0 Å². The lowest BCUT2D eigenvalue weighted by molar-refractivity contribution is -0.145. The molecule has 16 heavy (non-hydrogen) atoms. The Morgan fingerprint density at radius 2 is 1.81 bits per heavy atom. The maximum Gasteiger partial charge on any atom is 0.322 e. The van der Waals surface area contributed by atoms with Crippen molar-refractivity contribution in [2.45, 2.75) is 46.2 Å². The first-order valence-electron chi connectivity index (χ1n) is 5.73. The van der Waals surface area contributed by atoms with Crippen molar-refractivity contribution in [3.05, 3.63) is 0 Å². The number of ether oxygens (including phenoxy) is 1. The van der Waals surface area contributed by atoms with Crippen LogP contribution < -0.4 is 10.6 Å². The van der Waals surface area contributed by atoms with E-state index < -0.39 is 12.1 Å². The molecule has 0 bridgehead atoms. The van der Waals surface area contributed by atoms with Gasteiger partial charge in [-0.2, -0.15) is 0 Å². The van der Waals surface area contributed by atoms with Gasteiger partial charge < -0.3 is 10.1 Å². The maximum absolute atomic E-state index is 11.5. The molecule has 0 radical (unpaired) electrons. The summed E-state index contributed by atoms with van der Waals surface area (Å²) >= 11 is 0. The largest absolute Gasteiger partial charge is 0.465 e. The minimum absolute atomic E-state index is 0.0991. The third kappa shape index (κ3) is 5.70. The number of carbonyl (C=O) groups excluding carboxylic acids is 2. The molecule has 0 aliphatic heterocycles. The normalized spacial score (nSPS) is 14.0. The van der Waals surface area contributed by atoms with Crippen LogP contribution in [-0.4, -0.2) is 37.1 Å². The van der Waals surface area contributed by atoms with Crippen LogP contribution in [0.2, 0.25) is 0 Å². The van der Waals surface area contributed by atoms with Gasteiger partial charge in [-0.25, -0.2) is 0 Å². The number of amides is 1. The number of carbonyl (C=O) groups is 2. The Bertz CT molecular complexity index is 231. The molecule has 0 aromatic heterocycles. The van der Waals surface area contributed by atoms with E-state index in [0.717, 1.165) is 6.42 Å². The molecule has 2 N–H and O–H groups in total. The molecule has 0 aromatic rings. The number of nitrogens with one attached hydrogen (secondary N) is 2. The van der Waals surface area contributed by atoms with Crippen LogP contribution in [0.5, 0.6) is 0 Å². The van der Waals surface area contributed by atoms with Crippen LogP contribution in [0.1, 0.15) is 34.1 Å². The summed E-state index contributed by atoms with van der Waals surface area (Å²) in [6, 6.07) is -0.867. The molecule has 0 spiro atoms. The van der Waals surface area contributed by atoms with Gasteiger partial charge in [-0.05, 0) is 27.2 Å². The number of hydrogen-bond donors (Lipinski definition) is 2. The Hall–Kier alpha value is -1.10. The maximum atomic E-state index is 11.5. The second kappa shape index (κ2) is 8.10. The van der Waals surface area contributed by atoms with E-state index in [1.54, 1.807) is 20.8 Å². The average molecular weight is 230 g/mol. The van der Waals surface area contributed by atoms with Gasteiger partial charge in [-0.1, -0.05) is 6.92 Å². The van der Waals surface area contributed by atoms with Crippen LogP contribution in [0.4, 0.5) is 0 Å². The van der Waals surface area contributed by atoms with E-state index in [9.17, 15) is 9.59 Å². The zero-order valence-corrected chi connectivity index (χ0v) is 10.5. The molecule has 0 aliphatic rings. The Morgan fingerprint density at radius 1 is 1.19 bits per heavy atom. The van der Waals surface area contributed by atoms with E-state index in [2.05, 4.69) is 10.6 Å². The molecule has 5 nitrogen and oxygen atoms in total. The van der Waals surface area contributed by atoms with E-state index in [-0.39, 0.29) is 11.9 Å². The fourth-order valence-electron chi connectivity index (χ4n) is 1.19. The Kier molecular flexibility index (Phi) is 7.54. The lowest BCUT2D eigenvalue weighted by Crippen LogP contribution is -2.48. The van der Waals surface area contributed by atoms with Crippen LogP contribution in [0.25, 0.3) is 0 Å². The third-order valence-corrected chi connectivity index (χ3v) is 2.08. The topological polar surface area (TPSA) is 67.4 Å². The molecule has 0 saturated carbocycles. The second-order valence-electron chi connectivity index (χ2n) is 3.65. The molecule has 1 amide bonds. The summed E-state index contributed by atoms with van der Waals surface area (Å²) in [4.78, 5) is 22.8. The third-order valence-electron chi connectivity index (χ3n) is 2.08. The standard InChI is InChI=1S/C11H22N2O3/c1-5-7-12-10(14)8(3)13-9(4)11(15)16-6-2/h8-9,13H,5-7H2,1-4H3,(H,12,14). The van der Waals surface area contributed by atoms with E-state index in [1.807, 2.05) is 6.92 Å². The summed E-state index contributed by atoms with van der Waals surface area (Å²) < 4.78 is 4.83. The van der Waals surface area contributed by atoms with Crippen molar-refractivity contribution in [1.29, 1.82) is 0 Å². The quantitative estimate of drug-likeness (QED) is 0.623. The van der Waals surface area contributed by atoms with Gasteiger partial charge in [0.25, 0.3) is 0 Å². The fraction of sp³-hybridized carbons (Fsp3) is 0.818. The van der Waals surface area contributed by atoms with Crippen LogP contribution in [0.3, 0.4) is 0 Å². The summed E-state index contributed by atoms with van der Waals surface area (Å²) in [6.45, 7) is 8.14. The monoisotopic (exact) mass is 230 g/mol. The highest BCUT2D eigenvalue weighted by molar-refractivity contribution is 5.82. The molecule has 0 fully saturated rings. The van der Waals surface area contributed by atoms with Crippen LogP contribution in [0.15, 0.2) is 0 Å². The van der Waals surface area contributed by atoms with Gasteiger partial charge in [0.15, 0.2) is 0 Å². The highest BCUT2D eigenvalue weighted by Gasteiger charge is 2.19. The van der Waals surface area contributed by atoms with Gasteiger partial charge in [-0.15, -0.1) is 0 Å². The number of esters is 1. The second-order valence-corrected chi connectivity index (χ2v) is 3.65. The Balaban J connectivity index is 3.97. The SMILES string of the molecule is CCCNC(=O)C(C)NC(C)C(=O)OCC. The number of hydrogen-bond acceptors (Lipinski definition) is 4. The smallest absolute Gasteiger partial charge is 0.322 e. The summed E-state index contributed by atoms with van der Waals surface area (Å²) in [7, 11) is 0. The highest BCUT2D eigenvalue weighted by atomic mass is 16.5. The molecule has 5 heteroatoms. The first kappa shape index (κ1) is 14.9. The van der Waals surface area contributed by atoms with Gasteiger partial charge in [0.2, 0.25) is 5.91 Å². The molecule has 0 aromatic carbocycles. The van der Waals surface area contributed by atoms with Gasteiger partial charge >= 0.3 is 5.97 Å². The molecule has 0 aliphatic carbocycles. The van der Waals surface area contributed by atoms with Crippen molar-refractivity contribution in [2.24, 2.45) is 0 Å². The Labute approximate surface area is 96.9 Å². The lowest BCUT2D eigenvalue weighted by atomic mass is 10.2. The molecule has 94 valence electrons. The van der Waals surface area contributed by atoms with Crippen molar-refractivity contribution in [3.8, 4) is 0 Å². The van der Waals surface area contributed by atoms with Crippen molar-refractivity contribution < 1.29 is 14.3 Å². The molecule has 0 rings (SSSR count). The number of rotatable bonds is 7. The van der Waals surface area contributed by atoms with Crippen molar-refractivity contribution in [1.82, 2.24) is 10.6 Å². The lowest BCUT2D eigenvalue weighted by Gasteiger charge is -2.18. The van der Waals surface area contributed by atoms with E-state index in [1.165, 1.54) is 0 Å². The minimum Gasteiger partial charge on any atom is -0.465 e. The molecular formula is C11H22N2O3. The fourth-order valence-corrected chi connectivity index (χ4v) is 1.19. The first-order valence-corrected chi connectivity index (χ1v) is 5.73. The zero-order chi connectivity index (χ0) is 12.6. The predicted octanol–water partition coefficient (Wildman–Crippen LogP) is 0.442. The predicted molar refractivity (Wildman–Crippen MR) is 62.0 cm³/mol. The zero-order valence-electron chi connectivity index (χ0n) is 10.5. The molecule has 0 saturated heterocycles. The summed E-state index contributed by atoms with van der Waals surface area (Å²) in [5, 5.41) is 5.64. The van der Waals surface area contributed by atoms with Gasteiger partial charge in [0, 0.05) is 6.54 Å². The molecule has 0 heterocycles. The van der Waals surface area contributed by atoms with Crippen LogP contribution in [0, 0.1) is 0 Å². The Morgan fingerprint density at radius 3 is 2.31 bits per heavy atom. The summed E-state index contributed by atoms with van der Waals surface area (Å²) in [5.74, 6) is -0.435. The summed E-state index contributed by atoms with van der Waals surface area (Å²) in [5.41, 5.74) is 0. The van der Waals surface area contributed by atoms with Crippen molar-refractivity contribution in [3.63, 3.8) is 0 Å². The molecular weight excluding hydrogens is 208 g/mol. The van der Waals surface area contributed by atoms with Crippen LogP contribution >= 0.6 is 0 Å². The van der Waals surface area contributed by atoms with Crippen molar-refractivity contribution >= 4 is 11.9 Å². The van der Waals surface area contributed by atoms with Gasteiger partial charge in [0.05, 0.1) is 12.6 Å². The van der Waals surface area contributed by atoms with Gasteiger partial charge in [-0.3, -0.25) is 14.9 Å². The first-order chi connectivity index (χ1) is 7.52. The molecule has 2 atom stereocenters. The highest BCUT2D eigenvalue weighted by Crippen LogP contribution is 1.92. The summed E-state index contributed by atoms with van der Waals surface area (Å²) in [6.07, 6.45) is 0.895. The molecule has 2 unspecified atom stereocenters. The van der Waals surface area contributed by atoms with Crippen molar-refractivity contribution in [2.75, 3.05) is 13.2 Å².